The minimum atomic E-state index is -0.00398. The molecular formula is C16H24N2O2. The second-order valence-electron chi connectivity index (χ2n) is 5.44. The molecule has 2 N–H and O–H groups in total. The Kier molecular flexibility index (Phi) is 5.01. The molecule has 1 aliphatic heterocycles. The summed E-state index contributed by atoms with van der Waals surface area (Å²) in [6, 6.07) is 7.83. The Morgan fingerprint density at radius 2 is 2.30 bits per heavy atom. The highest BCUT2D eigenvalue weighted by atomic mass is 16.5. The average molecular weight is 276 g/mol. The monoisotopic (exact) mass is 276 g/mol. The second-order valence-corrected chi connectivity index (χ2v) is 5.44. The number of hydrogen-bond acceptors (Lipinski definition) is 3. The molecule has 1 fully saturated rings. The van der Waals surface area contributed by atoms with Crippen LogP contribution >= 0.6 is 0 Å². The predicted octanol–water partition coefficient (Wildman–Crippen LogP) is 2.12. The summed E-state index contributed by atoms with van der Waals surface area (Å²) >= 11 is 0. The third kappa shape index (κ3) is 3.31. The molecule has 1 aromatic rings. The third-order valence-electron chi connectivity index (χ3n) is 4.15. The van der Waals surface area contributed by atoms with Gasteiger partial charge in [-0.25, -0.2) is 0 Å². The number of nitrogens with one attached hydrogen (secondary N) is 2. The summed E-state index contributed by atoms with van der Waals surface area (Å²) in [6.07, 6.45) is 1.04. The Hall–Kier alpha value is -1.55. The van der Waals surface area contributed by atoms with Crippen molar-refractivity contribution in [1.29, 1.82) is 0 Å². The molecule has 1 aliphatic rings. The number of carbonyl (C=O) groups excluding carboxylic acids is 1. The van der Waals surface area contributed by atoms with Crippen molar-refractivity contribution in [3.05, 3.63) is 29.8 Å². The molecule has 2 rings (SSSR count). The van der Waals surface area contributed by atoms with E-state index in [1.165, 1.54) is 0 Å². The molecule has 0 bridgehead atoms. The molecule has 0 spiro atoms. The van der Waals surface area contributed by atoms with E-state index >= 15 is 0 Å². The van der Waals surface area contributed by atoms with Crippen molar-refractivity contribution in [3.63, 3.8) is 0 Å². The van der Waals surface area contributed by atoms with Crippen molar-refractivity contribution in [1.82, 2.24) is 10.6 Å². The van der Waals surface area contributed by atoms with Gasteiger partial charge < -0.3 is 15.4 Å². The molecule has 0 saturated carbocycles. The highest BCUT2D eigenvalue weighted by Crippen LogP contribution is 2.23. The zero-order chi connectivity index (χ0) is 14.5. The third-order valence-corrected chi connectivity index (χ3v) is 4.15. The standard InChI is InChI=1S/C16H24N2O2/c1-4-12-9-17-10-15(12)16(19)18-11(2)13-6-5-7-14(8-13)20-3/h5-8,11-12,15,17H,4,9-10H2,1-3H3,(H,18,19)/t11-,12+,15+/m0/s1. The van der Waals surface area contributed by atoms with E-state index in [1.54, 1.807) is 7.11 Å². The van der Waals surface area contributed by atoms with Crippen LogP contribution in [0, 0.1) is 11.8 Å². The maximum absolute atomic E-state index is 12.4. The summed E-state index contributed by atoms with van der Waals surface area (Å²) in [6.45, 7) is 5.89. The van der Waals surface area contributed by atoms with Crippen LogP contribution in [0.4, 0.5) is 0 Å². The maximum atomic E-state index is 12.4. The van der Waals surface area contributed by atoms with Crippen LogP contribution in [0.1, 0.15) is 31.9 Å². The van der Waals surface area contributed by atoms with E-state index in [-0.39, 0.29) is 17.9 Å². The van der Waals surface area contributed by atoms with E-state index in [2.05, 4.69) is 17.6 Å². The van der Waals surface area contributed by atoms with Crippen LogP contribution in [0.5, 0.6) is 5.75 Å². The lowest BCUT2D eigenvalue weighted by molar-refractivity contribution is -0.126. The largest absolute Gasteiger partial charge is 0.497 e. The highest BCUT2D eigenvalue weighted by Gasteiger charge is 2.32. The van der Waals surface area contributed by atoms with Gasteiger partial charge in [0.05, 0.1) is 19.1 Å². The number of methoxy groups -OCH3 is 1. The number of hydrogen-bond donors (Lipinski definition) is 2. The molecule has 3 atom stereocenters. The van der Waals surface area contributed by atoms with Crippen LogP contribution in [0.3, 0.4) is 0 Å². The minimum Gasteiger partial charge on any atom is -0.497 e. The Balaban J connectivity index is 1.99. The molecule has 0 aromatic heterocycles. The molecule has 1 heterocycles. The smallest absolute Gasteiger partial charge is 0.225 e. The van der Waals surface area contributed by atoms with E-state index < -0.39 is 0 Å². The first-order valence-electron chi connectivity index (χ1n) is 7.30. The zero-order valence-corrected chi connectivity index (χ0v) is 12.5. The van der Waals surface area contributed by atoms with Gasteiger partial charge in [-0.05, 0) is 37.1 Å². The molecule has 0 aliphatic carbocycles. The lowest BCUT2D eigenvalue weighted by Gasteiger charge is -2.21. The molecule has 20 heavy (non-hydrogen) atoms. The van der Waals surface area contributed by atoms with E-state index in [1.807, 2.05) is 31.2 Å². The first kappa shape index (κ1) is 14.9. The minimum absolute atomic E-state index is 0.00398. The van der Waals surface area contributed by atoms with E-state index in [0.717, 1.165) is 30.8 Å². The first-order chi connectivity index (χ1) is 9.65. The number of ether oxygens (including phenoxy) is 1. The number of amides is 1. The second kappa shape index (κ2) is 6.75. The summed E-state index contributed by atoms with van der Waals surface area (Å²) in [7, 11) is 1.65. The molecular weight excluding hydrogens is 252 g/mol. The number of rotatable bonds is 5. The molecule has 0 radical (unpaired) electrons. The van der Waals surface area contributed by atoms with E-state index in [0.29, 0.717) is 5.92 Å². The Bertz CT molecular complexity index is 462. The molecule has 1 amide bonds. The van der Waals surface area contributed by atoms with Crippen LogP contribution in [-0.4, -0.2) is 26.1 Å². The molecule has 1 aromatic carbocycles. The quantitative estimate of drug-likeness (QED) is 0.866. The number of carbonyl (C=O) groups is 1. The van der Waals surface area contributed by atoms with E-state index in [9.17, 15) is 4.79 Å². The van der Waals surface area contributed by atoms with Crippen molar-refractivity contribution >= 4 is 5.91 Å². The highest BCUT2D eigenvalue weighted by molar-refractivity contribution is 5.80. The fourth-order valence-electron chi connectivity index (χ4n) is 2.78. The Morgan fingerprint density at radius 1 is 1.50 bits per heavy atom. The molecule has 4 heteroatoms. The maximum Gasteiger partial charge on any atom is 0.225 e. The lowest BCUT2D eigenvalue weighted by Crippen LogP contribution is -2.36. The van der Waals surface area contributed by atoms with Crippen molar-refractivity contribution in [2.75, 3.05) is 20.2 Å². The summed E-state index contributed by atoms with van der Waals surface area (Å²) in [5.41, 5.74) is 1.07. The summed E-state index contributed by atoms with van der Waals surface area (Å²) < 4.78 is 5.22. The van der Waals surface area contributed by atoms with Crippen molar-refractivity contribution in [2.45, 2.75) is 26.3 Å². The van der Waals surface area contributed by atoms with Gasteiger partial charge in [-0.1, -0.05) is 25.5 Å². The Labute approximate surface area is 120 Å². The van der Waals surface area contributed by atoms with Crippen LogP contribution in [0.15, 0.2) is 24.3 Å². The Morgan fingerprint density at radius 3 is 3.00 bits per heavy atom. The normalized spacial score (nSPS) is 23.4. The van der Waals surface area contributed by atoms with Gasteiger partial charge in [0, 0.05) is 6.54 Å². The fourth-order valence-corrected chi connectivity index (χ4v) is 2.78. The zero-order valence-electron chi connectivity index (χ0n) is 12.5. The van der Waals surface area contributed by atoms with Gasteiger partial charge in [0.25, 0.3) is 0 Å². The van der Waals surface area contributed by atoms with Crippen molar-refractivity contribution in [2.24, 2.45) is 11.8 Å². The summed E-state index contributed by atoms with van der Waals surface area (Å²) in [4.78, 5) is 12.4. The lowest BCUT2D eigenvalue weighted by atomic mass is 9.92. The molecule has 0 unspecified atom stereocenters. The van der Waals surface area contributed by atoms with Crippen molar-refractivity contribution in [3.8, 4) is 5.75 Å². The predicted molar refractivity (Wildman–Crippen MR) is 79.7 cm³/mol. The van der Waals surface area contributed by atoms with Gasteiger partial charge in [-0.3, -0.25) is 4.79 Å². The van der Waals surface area contributed by atoms with Crippen LogP contribution in [0.2, 0.25) is 0 Å². The van der Waals surface area contributed by atoms with Gasteiger partial charge in [-0.15, -0.1) is 0 Å². The molecule has 1 saturated heterocycles. The van der Waals surface area contributed by atoms with E-state index in [4.69, 9.17) is 4.74 Å². The van der Waals surface area contributed by atoms with Gasteiger partial charge in [0.2, 0.25) is 5.91 Å². The van der Waals surface area contributed by atoms with Crippen LogP contribution < -0.4 is 15.4 Å². The number of benzene rings is 1. The average Bonchev–Trinajstić information content (AvgIpc) is 2.95. The fraction of sp³-hybridized carbons (Fsp3) is 0.562. The molecule has 110 valence electrons. The van der Waals surface area contributed by atoms with Crippen LogP contribution in [-0.2, 0) is 4.79 Å². The topological polar surface area (TPSA) is 50.4 Å². The summed E-state index contributed by atoms with van der Waals surface area (Å²) in [5, 5.41) is 6.42. The summed E-state index contributed by atoms with van der Waals surface area (Å²) in [5.74, 6) is 1.51. The van der Waals surface area contributed by atoms with Crippen LogP contribution in [0.25, 0.3) is 0 Å². The van der Waals surface area contributed by atoms with Crippen molar-refractivity contribution < 1.29 is 9.53 Å². The first-order valence-corrected chi connectivity index (χ1v) is 7.30. The van der Waals surface area contributed by atoms with Gasteiger partial charge in [0.15, 0.2) is 0 Å². The van der Waals surface area contributed by atoms with Gasteiger partial charge >= 0.3 is 0 Å². The van der Waals surface area contributed by atoms with Gasteiger partial charge in [-0.2, -0.15) is 0 Å². The molecule has 4 nitrogen and oxygen atoms in total. The van der Waals surface area contributed by atoms with Gasteiger partial charge in [0.1, 0.15) is 5.75 Å². The SMILES string of the molecule is CC[C@@H]1CNC[C@H]1C(=O)N[C@@H](C)c1cccc(OC)c1.